The summed E-state index contributed by atoms with van der Waals surface area (Å²) in [6.07, 6.45) is 4.01. The van der Waals surface area contributed by atoms with Crippen molar-refractivity contribution in [1.82, 2.24) is 14.1 Å². The number of nitrogens with one attached hydrogen (secondary N) is 1. The number of aromatic nitrogens is 3. The molecule has 6 heteroatoms. The van der Waals surface area contributed by atoms with Gasteiger partial charge in [0.2, 0.25) is 5.91 Å². The van der Waals surface area contributed by atoms with Gasteiger partial charge in [-0.1, -0.05) is 24.6 Å². The number of anilines is 1. The summed E-state index contributed by atoms with van der Waals surface area (Å²) in [5, 5.41) is 2.94. The van der Waals surface area contributed by atoms with Gasteiger partial charge in [-0.05, 0) is 44.4 Å². The van der Waals surface area contributed by atoms with Crippen molar-refractivity contribution in [2.24, 2.45) is 0 Å². The fourth-order valence-corrected chi connectivity index (χ4v) is 3.81. The molecule has 1 aliphatic rings. The molecule has 140 valence electrons. The molecule has 3 heterocycles. The zero-order valence-electron chi connectivity index (χ0n) is 15.8. The molecule has 0 atom stereocenters. The Morgan fingerprint density at radius 2 is 2.00 bits per heavy atom. The molecule has 1 amide bonds. The number of aryl methyl sites for hydroxylation is 3. The average Bonchev–Trinajstić information content (AvgIpc) is 2.81. The first-order valence-corrected chi connectivity index (χ1v) is 9.49. The predicted molar refractivity (Wildman–Crippen MR) is 106 cm³/mol. The number of carbonyl (C=O) groups is 1. The Kier molecular flexibility index (Phi) is 4.56. The number of carbonyl (C=O) groups excluding carboxylic acids is 1. The maximum atomic E-state index is 13.1. The Labute approximate surface area is 157 Å². The molecule has 0 saturated heterocycles. The number of rotatable bonds is 3. The highest BCUT2D eigenvalue weighted by molar-refractivity contribution is 5.92. The first kappa shape index (κ1) is 17.5. The summed E-state index contributed by atoms with van der Waals surface area (Å²) in [5.74, 6) is 0.718. The molecule has 0 unspecified atom stereocenters. The van der Waals surface area contributed by atoms with Crippen LogP contribution in [0.15, 0.2) is 35.1 Å². The van der Waals surface area contributed by atoms with Crippen molar-refractivity contribution in [1.29, 1.82) is 0 Å². The van der Waals surface area contributed by atoms with Crippen LogP contribution in [0.3, 0.4) is 0 Å². The molecule has 27 heavy (non-hydrogen) atoms. The molecule has 0 spiro atoms. The van der Waals surface area contributed by atoms with E-state index in [4.69, 9.17) is 4.98 Å². The van der Waals surface area contributed by atoms with Crippen LogP contribution in [0.25, 0.3) is 11.0 Å². The normalized spacial score (nSPS) is 14.0. The number of fused-ring (bicyclic) bond motifs is 2. The largest absolute Gasteiger partial charge is 0.330 e. The second-order valence-corrected chi connectivity index (χ2v) is 7.26. The number of hydrogen-bond acceptors (Lipinski definition) is 3. The van der Waals surface area contributed by atoms with Gasteiger partial charge >= 0.3 is 0 Å². The maximum Gasteiger partial charge on any atom is 0.278 e. The Bertz CT molecular complexity index is 1080. The Morgan fingerprint density at radius 1 is 1.19 bits per heavy atom. The molecular weight excluding hydrogens is 340 g/mol. The lowest BCUT2D eigenvalue weighted by molar-refractivity contribution is -0.116. The van der Waals surface area contributed by atoms with Crippen LogP contribution in [-0.2, 0) is 24.3 Å². The van der Waals surface area contributed by atoms with E-state index in [0.29, 0.717) is 17.6 Å². The van der Waals surface area contributed by atoms with E-state index < -0.39 is 0 Å². The van der Waals surface area contributed by atoms with E-state index in [1.807, 2.05) is 44.2 Å². The monoisotopic (exact) mass is 364 g/mol. The van der Waals surface area contributed by atoms with Crippen LogP contribution in [0.5, 0.6) is 0 Å². The molecule has 1 aromatic carbocycles. The lowest BCUT2D eigenvalue weighted by atomic mass is 10.2. The second-order valence-electron chi connectivity index (χ2n) is 7.26. The molecule has 2 aromatic heterocycles. The van der Waals surface area contributed by atoms with Gasteiger partial charge in [0.15, 0.2) is 0 Å². The Hall–Kier alpha value is -2.89. The summed E-state index contributed by atoms with van der Waals surface area (Å²) < 4.78 is 3.58. The van der Waals surface area contributed by atoms with Crippen molar-refractivity contribution in [3.8, 4) is 0 Å². The quantitative estimate of drug-likeness (QED) is 0.776. The second kappa shape index (κ2) is 7.02. The van der Waals surface area contributed by atoms with Crippen LogP contribution in [0.1, 0.15) is 36.3 Å². The number of hydrogen-bond donors (Lipinski definition) is 1. The summed E-state index contributed by atoms with van der Waals surface area (Å²) in [4.78, 5) is 30.5. The predicted octanol–water partition coefficient (Wildman–Crippen LogP) is 3.18. The van der Waals surface area contributed by atoms with E-state index in [1.54, 1.807) is 9.13 Å². The van der Waals surface area contributed by atoms with Gasteiger partial charge in [0.25, 0.3) is 5.56 Å². The van der Waals surface area contributed by atoms with Crippen LogP contribution in [0.2, 0.25) is 0 Å². The van der Waals surface area contributed by atoms with Crippen molar-refractivity contribution in [3.05, 3.63) is 57.8 Å². The van der Waals surface area contributed by atoms with Gasteiger partial charge in [0.1, 0.15) is 17.9 Å². The third-order valence-corrected chi connectivity index (χ3v) is 5.30. The van der Waals surface area contributed by atoms with Gasteiger partial charge in [0.05, 0.1) is 5.52 Å². The number of para-hydroxylation sites is 1. The van der Waals surface area contributed by atoms with Gasteiger partial charge < -0.3 is 9.88 Å². The minimum atomic E-state index is -0.149. The first-order chi connectivity index (χ1) is 13.0. The number of nitrogens with zero attached hydrogens (tertiary/aromatic N) is 3. The van der Waals surface area contributed by atoms with Gasteiger partial charge in [-0.3, -0.25) is 14.2 Å². The summed E-state index contributed by atoms with van der Waals surface area (Å²) in [6.45, 7) is 4.67. The van der Waals surface area contributed by atoms with Crippen molar-refractivity contribution in [2.45, 2.75) is 52.6 Å². The fourth-order valence-electron chi connectivity index (χ4n) is 3.81. The molecule has 6 nitrogen and oxygen atoms in total. The molecule has 0 saturated carbocycles. The summed E-state index contributed by atoms with van der Waals surface area (Å²) >= 11 is 0. The van der Waals surface area contributed by atoms with Gasteiger partial charge in [-0.15, -0.1) is 0 Å². The SMILES string of the molecule is Cc1ccccc1NC(=O)Cn1c(C)cc2nc3n(c(=O)c21)CCCCC3. The van der Waals surface area contributed by atoms with E-state index in [9.17, 15) is 9.59 Å². The number of amides is 1. The minimum absolute atomic E-state index is 0.0336. The smallest absolute Gasteiger partial charge is 0.278 e. The number of benzene rings is 1. The first-order valence-electron chi connectivity index (χ1n) is 9.49. The standard InChI is InChI=1S/C21H24N4O2/c1-14-8-5-6-9-16(14)23-19(26)13-25-15(2)12-17-20(25)21(27)24-11-7-3-4-10-18(24)22-17/h5-6,8-9,12H,3-4,7,10-11,13H2,1-2H3,(H,23,26). The Balaban J connectivity index is 1.70. The van der Waals surface area contributed by atoms with Crippen LogP contribution < -0.4 is 10.9 Å². The van der Waals surface area contributed by atoms with Crippen molar-refractivity contribution in [2.75, 3.05) is 5.32 Å². The molecule has 1 N–H and O–H groups in total. The zero-order chi connectivity index (χ0) is 19.0. The molecule has 0 bridgehead atoms. The zero-order valence-corrected chi connectivity index (χ0v) is 15.8. The lowest BCUT2D eigenvalue weighted by Crippen LogP contribution is -2.28. The van der Waals surface area contributed by atoms with Crippen LogP contribution in [-0.4, -0.2) is 20.0 Å². The molecule has 4 rings (SSSR count). The van der Waals surface area contributed by atoms with E-state index >= 15 is 0 Å². The lowest BCUT2D eigenvalue weighted by Gasteiger charge is -2.12. The highest BCUT2D eigenvalue weighted by atomic mass is 16.2. The van der Waals surface area contributed by atoms with Crippen molar-refractivity contribution < 1.29 is 4.79 Å². The summed E-state index contributed by atoms with van der Waals surface area (Å²) in [5.41, 5.74) is 3.85. The minimum Gasteiger partial charge on any atom is -0.330 e. The van der Waals surface area contributed by atoms with Crippen LogP contribution in [0.4, 0.5) is 5.69 Å². The van der Waals surface area contributed by atoms with Gasteiger partial charge in [-0.25, -0.2) is 4.98 Å². The van der Waals surface area contributed by atoms with E-state index in [0.717, 1.165) is 48.5 Å². The summed E-state index contributed by atoms with van der Waals surface area (Å²) in [7, 11) is 0. The average molecular weight is 364 g/mol. The summed E-state index contributed by atoms with van der Waals surface area (Å²) in [6, 6.07) is 9.57. The van der Waals surface area contributed by atoms with Crippen molar-refractivity contribution in [3.63, 3.8) is 0 Å². The molecule has 0 fully saturated rings. The maximum absolute atomic E-state index is 13.1. The molecule has 0 radical (unpaired) electrons. The van der Waals surface area contributed by atoms with E-state index in [2.05, 4.69) is 5.32 Å². The van der Waals surface area contributed by atoms with Crippen molar-refractivity contribution >= 4 is 22.6 Å². The highest BCUT2D eigenvalue weighted by Crippen LogP contribution is 2.19. The van der Waals surface area contributed by atoms with Gasteiger partial charge in [0, 0.05) is 24.3 Å². The molecule has 0 aliphatic carbocycles. The van der Waals surface area contributed by atoms with E-state index in [-0.39, 0.29) is 18.0 Å². The van der Waals surface area contributed by atoms with Crippen LogP contribution in [0, 0.1) is 13.8 Å². The molecule has 1 aliphatic heterocycles. The van der Waals surface area contributed by atoms with Crippen LogP contribution >= 0.6 is 0 Å². The topological polar surface area (TPSA) is 68.9 Å². The third-order valence-electron chi connectivity index (χ3n) is 5.30. The highest BCUT2D eigenvalue weighted by Gasteiger charge is 2.19. The Morgan fingerprint density at radius 3 is 2.81 bits per heavy atom. The molecule has 3 aromatic rings. The van der Waals surface area contributed by atoms with Gasteiger partial charge in [-0.2, -0.15) is 0 Å². The fraction of sp³-hybridized carbons (Fsp3) is 0.381. The third kappa shape index (κ3) is 3.27. The van der Waals surface area contributed by atoms with E-state index in [1.165, 1.54) is 0 Å². The molecular formula is C21H24N4O2.